The lowest BCUT2D eigenvalue weighted by Crippen LogP contribution is -2.40. The molecule has 1 aliphatic carbocycles. The first-order chi connectivity index (χ1) is 10.9. The third-order valence-corrected chi connectivity index (χ3v) is 5.08. The van der Waals surface area contributed by atoms with E-state index < -0.39 is 11.7 Å². The molecule has 0 bridgehead atoms. The van der Waals surface area contributed by atoms with E-state index in [2.05, 4.69) is 10.6 Å². The molecule has 2 aliphatic rings. The van der Waals surface area contributed by atoms with Gasteiger partial charge in [-0.05, 0) is 49.8 Å². The summed E-state index contributed by atoms with van der Waals surface area (Å²) in [6, 6.07) is 3.95. The standard InChI is InChI=1S/C17H21F3N2O.ClH/c1-10-12(17(18,19)20)6-4-8-13(10)22-16(23)15-9-11-5-2-3-7-14(11)21-15;/h4,6,8,11,14-15,21H,2-3,5,7,9H2,1H3,(H,22,23);1H. The molecule has 3 nitrogen and oxygen atoms in total. The summed E-state index contributed by atoms with van der Waals surface area (Å²) in [6.45, 7) is 1.39. The SMILES string of the molecule is Cc1c(NC(=O)C2CC3CCCCC3N2)cccc1C(F)(F)F.Cl. The quantitative estimate of drug-likeness (QED) is 0.823. The first-order valence-electron chi connectivity index (χ1n) is 8.10. The minimum Gasteiger partial charge on any atom is -0.324 e. The van der Waals surface area contributed by atoms with Crippen molar-refractivity contribution in [3.8, 4) is 0 Å². The van der Waals surface area contributed by atoms with Crippen molar-refractivity contribution in [3.05, 3.63) is 29.3 Å². The molecule has 0 aromatic heterocycles. The highest BCUT2D eigenvalue weighted by molar-refractivity contribution is 5.95. The Balaban J connectivity index is 0.00000208. The zero-order valence-corrected chi connectivity index (χ0v) is 14.3. The van der Waals surface area contributed by atoms with Gasteiger partial charge in [0.15, 0.2) is 0 Å². The van der Waals surface area contributed by atoms with Crippen LogP contribution in [0.3, 0.4) is 0 Å². The highest BCUT2D eigenvalue weighted by Gasteiger charge is 2.38. The lowest BCUT2D eigenvalue weighted by Gasteiger charge is -2.24. The van der Waals surface area contributed by atoms with Gasteiger partial charge in [0.25, 0.3) is 0 Å². The molecular weight excluding hydrogens is 341 g/mol. The lowest BCUT2D eigenvalue weighted by atomic mass is 9.85. The largest absolute Gasteiger partial charge is 0.416 e. The number of fused-ring (bicyclic) bond motifs is 1. The Bertz CT molecular complexity index is 592. The summed E-state index contributed by atoms with van der Waals surface area (Å²) < 4.78 is 38.8. The predicted octanol–water partition coefficient (Wildman–Crippen LogP) is 4.29. The summed E-state index contributed by atoms with van der Waals surface area (Å²) in [7, 11) is 0. The summed E-state index contributed by atoms with van der Waals surface area (Å²) in [5.74, 6) is 0.281. The van der Waals surface area contributed by atoms with Crippen molar-refractivity contribution in [2.24, 2.45) is 5.92 Å². The number of nitrogens with one attached hydrogen (secondary N) is 2. The molecule has 1 aromatic carbocycles. The Labute approximate surface area is 145 Å². The zero-order chi connectivity index (χ0) is 16.6. The van der Waals surface area contributed by atoms with Gasteiger partial charge in [-0.3, -0.25) is 4.79 Å². The smallest absolute Gasteiger partial charge is 0.324 e. The van der Waals surface area contributed by atoms with Gasteiger partial charge >= 0.3 is 6.18 Å². The Morgan fingerprint density at radius 3 is 2.62 bits per heavy atom. The van der Waals surface area contributed by atoms with Crippen molar-refractivity contribution in [2.75, 3.05) is 5.32 Å². The number of hydrogen-bond donors (Lipinski definition) is 2. The number of amides is 1. The fourth-order valence-corrected chi connectivity index (χ4v) is 3.82. The topological polar surface area (TPSA) is 41.1 Å². The van der Waals surface area contributed by atoms with Crippen molar-refractivity contribution in [1.29, 1.82) is 0 Å². The lowest BCUT2D eigenvalue weighted by molar-refractivity contribution is -0.138. The van der Waals surface area contributed by atoms with Gasteiger partial charge in [-0.1, -0.05) is 18.9 Å². The number of benzene rings is 1. The van der Waals surface area contributed by atoms with Crippen molar-refractivity contribution in [1.82, 2.24) is 5.32 Å². The summed E-state index contributed by atoms with van der Waals surface area (Å²) >= 11 is 0. The molecule has 1 heterocycles. The second-order valence-corrected chi connectivity index (χ2v) is 6.57. The molecule has 1 aliphatic heterocycles. The first-order valence-corrected chi connectivity index (χ1v) is 8.10. The van der Waals surface area contributed by atoms with Gasteiger partial charge in [0.2, 0.25) is 5.91 Å². The van der Waals surface area contributed by atoms with E-state index in [-0.39, 0.29) is 35.6 Å². The molecule has 3 atom stereocenters. The van der Waals surface area contributed by atoms with Crippen molar-refractivity contribution >= 4 is 24.0 Å². The summed E-state index contributed by atoms with van der Waals surface area (Å²) in [6.07, 6.45) is 0.945. The molecule has 1 saturated carbocycles. The van der Waals surface area contributed by atoms with E-state index in [1.807, 2.05) is 0 Å². The van der Waals surface area contributed by atoms with Crippen LogP contribution in [0.5, 0.6) is 0 Å². The Morgan fingerprint density at radius 2 is 1.96 bits per heavy atom. The second kappa shape index (κ2) is 7.31. The number of hydrogen-bond acceptors (Lipinski definition) is 2. The summed E-state index contributed by atoms with van der Waals surface area (Å²) in [4.78, 5) is 12.4. The van der Waals surface area contributed by atoms with Crippen LogP contribution in [0.15, 0.2) is 18.2 Å². The van der Waals surface area contributed by atoms with Gasteiger partial charge in [0.05, 0.1) is 11.6 Å². The van der Waals surface area contributed by atoms with Crippen LogP contribution >= 0.6 is 12.4 Å². The zero-order valence-electron chi connectivity index (χ0n) is 13.5. The van der Waals surface area contributed by atoms with Crippen LogP contribution in [-0.2, 0) is 11.0 Å². The Kier molecular flexibility index (Phi) is 5.81. The van der Waals surface area contributed by atoms with Gasteiger partial charge in [-0.25, -0.2) is 0 Å². The van der Waals surface area contributed by atoms with E-state index in [4.69, 9.17) is 0 Å². The fraction of sp³-hybridized carbons (Fsp3) is 0.588. The van der Waals surface area contributed by atoms with Crippen molar-refractivity contribution in [2.45, 2.75) is 57.3 Å². The molecule has 3 unspecified atom stereocenters. The highest BCUT2D eigenvalue weighted by atomic mass is 35.5. The number of anilines is 1. The van der Waals surface area contributed by atoms with Gasteiger partial charge in [-0.15, -0.1) is 12.4 Å². The number of rotatable bonds is 2. The fourth-order valence-electron chi connectivity index (χ4n) is 3.82. The van der Waals surface area contributed by atoms with Crippen molar-refractivity contribution < 1.29 is 18.0 Å². The molecule has 1 aromatic rings. The summed E-state index contributed by atoms with van der Waals surface area (Å²) in [5.41, 5.74) is -0.409. The summed E-state index contributed by atoms with van der Waals surface area (Å²) in [5, 5.41) is 6.02. The van der Waals surface area contributed by atoms with E-state index in [0.29, 0.717) is 12.0 Å². The van der Waals surface area contributed by atoms with E-state index in [1.165, 1.54) is 31.9 Å². The molecular formula is C17H22ClF3N2O. The molecule has 24 heavy (non-hydrogen) atoms. The molecule has 134 valence electrons. The van der Waals surface area contributed by atoms with Crippen LogP contribution in [0.2, 0.25) is 0 Å². The van der Waals surface area contributed by atoms with Gasteiger partial charge in [0, 0.05) is 11.7 Å². The molecule has 0 radical (unpaired) electrons. The molecule has 7 heteroatoms. The van der Waals surface area contributed by atoms with Crippen molar-refractivity contribution in [3.63, 3.8) is 0 Å². The molecule has 2 N–H and O–H groups in total. The van der Waals surface area contributed by atoms with E-state index in [9.17, 15) is 18.0 Å². The average molecular weight is 363 g/mol. The highest BCUT2D eigenvalue weighted by Crippen LogP contribution is 2.36. The van der Waals surface area contributed by atoms with Gasteiger partial charge in [0.1, 0.15) is 0 Å². The maximum Gasteiger partial charge on any atom is 0.416 e. The predicted molar refractivity (Wildman–Crippen MR) is 89.3 cm³/mol. The van der Waals surface area contributed by atoms with E-state index in [0.717, 1.165) is 25.3 Å². The monoisotopic (exact) mass is 362 g/mol. The Hall–Kier alpha value is -1.27. The van der Waals surface area contributed by atoms with Crippen LogP contribution in [0.1, 0.15) is 43.2 Å². The normalized spacial score (nSPS) is 26.4. The van der Waals surface area contributed by atoms with E-state index in [1.54, 1.807) is 0 Å². The molecule has 2 fully saturated rings. The molecule has 0 spiro atoms. The minimum absolute atomic E-state index is 0. The average Bonchev–Trinajstić information content (AvgIpc) is 2.92. The number of carbonyl (C=O) groups is 1. The second-order valence-electron chi connectivity index (χ2n) is 6.57. The maximum atomic E-state index is 12.9. The minimum atomic E-state index is -4.41. The first kappa shape index (κ1) is 19.1. The van der Waals surface area contributed by atoms with E-state index >= 15 is 0 Å². The third-order valence-electron chi connectivity index (χ3n) is 5.08. The van der Waals surface area contributed by atoms with Gasteiger partial charge < -0.3 is 10.6 Å². The number of halogens is 4. The number of carbonyl (C=O) groups excluding carboxylic acids is 1. The third kappa shape index (κ3) is 3.86. The van der Waals surface area contributed by atoms with Crippen LogP contribution in [-0.4, -0.2) is 18.0 Å². The maximum absolute atomic E-state index is 12.9. The van der Waals surface area contributed by atoms with Crippen LogP contribution in [0.25, 0.3) is 0 Å². The Morgan fingerprint density at radius 1 is 1.25 bits per heavy atom. The van der Waals surface area contributed by atoms with Gasteiger partial charge in [-0.2, -0.15) is 13.2 Å². The number of alkyl halides is 3. The molecule has 3 rings (SSSR count). The van der Waals surface area contributed by atoms with Crippen LogP contribution < -0.4 is 10.6 Å². The van der Waals surface area contributed by atoms with Crippen LogP contribution in [0.4, 0.5) is 18.9 Å². The van der Waals surface area contributed by atoms with Crippen LogP contribution in [0, 0.1) is 12.8 Å². The molecule has 1 saturated heterocycles. The molecule has 1 amide bonds.